The molecule has 1 heterocycles. The van der Waals surface area contributed by atoms with E-state index >= 15 is 0 Å². The predicted molar refractivity (Wildman–Crippen MR) is 121 cm³/mol. The maximum atomic E-state index is 12.7. The third-order valence-corrected chi connectivity index (χ3v) is 4.50. The molecule has 0 spiro atoms. The van der Waals surface area contributed by atoms with Gasteiger partial charge in [-0.3, -0.25) is 19.7 Å². The third kappa shape index (κ3) is 5.69. The molecule has 1 aromatic heterocycles. The van der Waals surface area contributed by atoms with E-state index in [0.29, 0.717) is 22.6 Å². The van der Waals surface area contributed by atoms with Gasteiger partial charge in [0, 0.05) is 35.4 Å². The molecule has 0 aliphatic rings. The van der Waals surface area contributed by atoms with Crippen LogP contribution in [0.1, 0.15) is 35.5 Å². The van der Waals surface area contributed by atoms with Gasteiger partial charge in [0.2, 0.25) is 0 Å². The molecule has 2 N–H and O–H groups in total. The standard InChI is InChI=1S/C24H23N3O5/c1-15(2)25-24(29)21(26-23(28)18-6-4-16(3)5-7-18)14-20-12-13-22(32-20)17-8-10-19(11-9-17)27(30)31/h4-15H,1-3H3,(H,25,29)(H,26,28)/b21-14+. The van der Waals surface area contributed by atoms with Crippen molar-refractivity contribution in [3.05, 3.63) is 93.4 Å². The summed E-state index contributed by atoms with van der Waals surface area (Å²) in [6.07, 6.45) is 1.44. The Morgan fingerprint density at radius 2 is 1.66 bits per heavy atom. The molecular formula is C24H23N3O5. The van der Waals surface area contributed by atoms with Crippen LogP contribution in [0, 0.1) is 17.0 Å². The van der Waals surface area contributed by atoms with Gasteiger partial charge in [-0.25, -0.2) is 0 Å². The van der Waals surface area contributed by atoms with Crippen molar-refractivity contribution in [2.45, 2.75) is 26.8 Å². The van der Waals surface area contributed by atoms with E-state index < -0.39 is 16.7 Å². The first kappa shape index (κ1) is 22.5. The van der Waals surface area contributed by atoms with Gasteiger partial charge in [-0.1, -0.05) is 17.7 Å². The van der Waals surface area contributed by atoms with Crippen molar-refractivity contribution in [2.24, 2.45) is 0 Å². The highest BCUT2D eigenvalue weighted by atomic mass is 16.6. The Hall–Kier alpha value is -4.20. The Balaban J connectivity index is 1.86. The summed E-state index contributed by atoms with van der Waals surface area (Å²) in [5.74, 6) is -0.0536. The molecule has 3 aromatic rings. The molecule has 3 rings (SSSR count). The zero-order chi connectivity index (χ0) is 23.3. The molecule has 0 atom stereocenters. The van der Waals surface area contributed by atoms with E-state index in [1.165, 1.54) is 18.2 Å². The van der Waals surface area contributed by atoms with Crippen LogP contribution in [0.15, 0.2) is 70.8 Å². The molecule has 0 fully saturated rings. The van der Waals surface area contributed by atoms with Gasteiger partial charge >= 0.3 is 0 Å². The second kappa shape index (κ2) is 9.74. The Morgan fingerprint density at radius 1 is 1.00 bits per heavy atom. The highest BCUT2D eigenvalue weighted by Gasteiger charge is 2.17. The first-order chi connectivity index (χ1) is 15.2. The van der Waals surface area contributed by atoms with E-state index in [1.807, 2.05) is 32.9 Å². The maximum absolute atomic E-state index is 12.7. The van der Waals surface area contributed by atoms with Gasteiger partial charge in [0.1, 0.15) is 17.2 Å². The average molecular weight is 433 g/mol. The molecule has 32 heavy (non-hydrogen) atoms. The fourth-order valence-corrected chi connectivity index (χ4v) is 2.87. The summed E-state index contributed by atoms with van der Waals surface area (Å²) in [6, 6.07) is 16.1. The number of aryl methyl sites for hydroxylation is 1. The van der Waals surface area contributed by atoms with Crippen LogP contribution in [0.25, 0.3) is 17.4 Å². The van der Waals surface area contributed by atoms with Crippen LogP contribution in [0.3, 0.4) is 0 Å². The Bertz CT molecular complexity index is 1160. The van der Waals surface area contributed by atoms with Crippen molar-refractivity contribution in [3.8, 4) is 11.3 Å². The number of amides is 2. The zero-order valence-corrected chi connectivity index (χ0v) is 17.9. The van der Waals surface area contributed by atoms with Crippen LogP contribution in [-0.2, 0) is 4.79 Å². The van der Waals surface area contributed by atoms with Gasteiger partial charge in [-0.05, 0) is 57.2 Å². The van der Waals surface area contributed by atoms with E-state index in [9.17, 15) is 19.7 Å². The number of nitro benzene ring substituents is 1. The third-order valence-electron chi connectivity index (χ3n) is 4.50. The van der Waals surface area contributed by atoms with Crippen molar-refractivity contribution in [1.82, 2.24) is 10.6 Å². The number of hydrogen-bond donors (Lipinski definition) is 2. The lowest BCUT2D eigenvalue weighted by Crippen LogP contribution is -2.38. The number of benzene rings is 2. The van der Waals surface area contributed by atoms with Crippen LogP contribution in [0.4, 0.5) is 5.69 Å². The number of carbonyl (C=O) groups excluding carboxylic acids is 2. The lowest BCUT2D eigenvalue weighted by atomic mass is 10.1. The summed E-state index contributed by atoms with van der Waals surface area (Å²) in [5.41, 5.74) is 2.10. The molecule has 0 aliphatic heterocycles. The molecular weight excluding hydrogens is 410 g/mol. The predicted octanol–water partition coefficient (Wildman–Crippen LogP) is 4.46. The van der Waals surface area contributed by atoms with Crippen LogP contribution in [0.2, 0.25) is 0 Å². The van der Waals surface area contributed by atoms with Crippen molar-refractivity contribution in [3.63, 3.8) is 0 Å². The normalized spacial score (nSPS) is 11.3. The number of hydrogen-bond acceptors (Lipinski definition) is 5. The van der Waals surface area contributed by atoms with Gasteiger partial charge in [0.25, 0.3) is 17.5 Å². The first-order valence-electron chi connectivity index (χ1n) is 9.98. The molecule has 2 aromatic carbocycles. The number of furan rings is 1. The topological polar surface area (TPSA) is 114 Å². The summed E-state index contributed by atoms with van der Waals surface area (Å²) < 4.78 is 5.78. The monoisotopic (exact) mass is 433 g/mol. The molecule has 8 nitrogen and oxygen atoms in total. The molecule has 0 saturated carbocycles. The van der Waals surface area contributed by atoms with Crippen LogP contribution < -0.4 is 10.6 Å². The summed E-state index contributed by atoms with van der Waals surface area (Å²) in [5, 5.41) is 16.2. The van der Waals surface area contributed by atoms with Gasteiger partial charge in [0.05, 0.1) is 4.92 Å². The summed E-state index contributed by atoms with van der Waals surface area (Å²) >= 11 is 0. The Kier molecular flexibility index (Phi) is 6.84. The number of non-ortho nitro benzene ring substituents is 1. The summed E-state index contributed by atoms with van der Waals surface area (Å²) in [7, 11) is 0. The number of nitrogens with zero attached hydrogens (tertiary/aromatic N) is 1. The number of rotatable bonds is 7. The van der Waals surface area contributed by atoms with E-state index in [-0.39, 0.29) is 17.4 Å². The van der Waals surface area contributed by atoms with Crippen molar-refractivity contribution in [1.29, 1.82) is 0 Å². The highest BCUT2D eigenvalue weighted by Crippen LogP contribution is 2.25. The maximum Gasteiger partial charge on any atom is 0.269 e. The summed E-state index contributed by atoms with van der Waals surface area (Å²) in [4.78, 5) is 35.6. The van der Waals surface area contributed by atoms with Gasteiger partial charge in [-0.2, -0.15) is 0 Å². The van der Waals surface area contributed by atoms with Gasteiger partial charge in [0.15, 0.2) is 0 Å². The van der Waals surface area contributed by atoms with E-state index in [1.54, 1.807) is 36.4 Å². The molecule has 0 aliphatic carbocycles. The zero-order valence-electron chi connectivity index (χ0n) is 17.9. The second-order valence-corrected chi connectivity index (χ2v) is 7.51. The minimum Gasteiger partial charge on any atom is -0.457 e. The van der Waals surface area contributed by atoms with E-state index in [4.69, 9.17) is 4.42 Å². The van der Waals surface area contributed by atoms with Crippen LogP contribution >= 0.6 is 0 Å². The lowest BCUT2D eigenvalue weighted by Gasteiger charge is -2.13. The molecule has 2 amide bonds. The Labute approximate surface area is 185 Å². The largest absolute Gasteiger partial charge is 0.457 e. The van der Waals surface area contributed by atoms with E-state index in [0.717, 1.165) is 5.56 Å². The van der Waals surface area contributed by atoms with Crippen LogP contribution in [0.5, 0.6) is 0 Å². The Morgan fingerprint density at radius 3 is 2.25 bits per heavy atom. The molecule has 0 bridgehead atoms. The lowest BCUT2D eigenvalue weighted by molar-refractivity contribution is -0.384. The average Bonchev–Trinajstić information content (AvgIpc) is 3.22. The smallest absolute Gasteiger partial charge is 0.269 e. The number of nitrogens with one attached hydrogen (secondary N) is 2. The first-order valence-corrected chi connectivity index (χ1v) is 9.98. The van der Waals surface area contributed by atoms with Crippen LogP contribution in [-0.4, -0.2) is 22.8 Å². The molecule has 164 valence electrons. The van der Waals surface area contributed by atoms with Gasteiger partial charge in [-0.15, -0.1) is 0 Å². The van der Waals surface area contributed by atoms with E-state index in [2.05, 4.69) is 10.6 Å². The van der Waals surface area contributed by atoms with Crippen molar-refractivity contribution in [2.75, 3.05) is 0 Å². The minimum atomic E-state index is -0.476. The second-order valence-electron chi connectivity index (χ2n) is 7.51. The van der Waals surface area contributed by atoms with Crippen molar-refractivity contribution < 1.29 is 18.9 Å². The quantitative estimate of drug-likeness (QED) is 0.324. The van der Waals surface area contributed by atoms with Crippen molar-refractivity contribution >= 4 is 23.6 Å². The number of carbonyl (C=O) groups is 2. The minimum absolute atomic E-state index is 0.0214. The SMILES string of the molecule is Cc1ccc(C(=O)N/C(=C/c2ccc(-c3ccc([N+](=O)[O-])cc3)o2)C(=O)NC(C)C)cc1. The van der Waals surface area contributed by atoms with Gasteiger partial charge < -0.3 is 15.1 Å². The molecule has 8 heteroatoms. The molecule has 0 radical (unpaired) electrons. The summed E-state index contributed by atoms with van der Waals surface area (Å²) in [6.45, 7) is 5.55. The highest BCUT2D eigenvalue weighted by molar-refractivity contribution is 6.05. The fourth-order valence-electron chi connectivity index (χ4n) is 2.87. The fraction of sp³-hybridized carbons (Fsp3) is 0.167. The molecule has 0 saturated heterocycles. The molecule has 0 unspecified atom stereocenters. The number of nitro groups is 1.